The van der Waals surface area contributed by atoms with Gasteiger partial charge in [0.1, 0.15) is 0 Å². The Morgan fingerprint density at radius 2 is 2.19 bits per heavy atom. The standard InChI is InChI=1S/C11H17N3OS/c1-8-7-12-11(16-8)14-10(15)13-9-5-3-2-4-6-9/h7,9H,2-6H2,1H3,(H2,12,13,14,15). The van der Waals surface area contributed by atoms with Crippen molar-refractivity contribution in [3.05, 3.63) is 11.1 Å². The fourth-order valence-electron chi connectivity index (χ4n) is 1.98. The Balaban J connectivity index is 1.79. The van der Waals surface area contributed by atoms with E-state index in [9.17, 15) is 4.79 Å². The number of thiazole rings is 1. The zero-order valence-corrected chi connectivity index (χ0v) is 10.3. The third kappa shape index (κ3) is 3.20. The van der Waals surface area contributed by atoms with Gasteiger partial charge in [-0.3, -0.25) is 5.32 Å². The van der Waals surface area contributed by atoms with Gasteiger partial charge in [0, 0.05) is 17.1 Å². The molecule has 1 aromatic heterocycles. The molecule has 0 aliphatic heterocycles. The summed E-state index contributed by atoms with van der Waals surface area (Å²) < 4.78 is 0. The van der Waals surface area contributed by atoms with Gasteiger partial charge in [-0.05, 0) is 19.8 Å². The average molecular weight is 239 g/mol. The van der Waals surface area contributed by atoms with Gasteiger partial charge in [0.2, 0.25) is 0 Å². The summed E-state index contributed by atoms with van der Waals surface area (Å²) in [7, 11) is 0. The summed E-state index contributed by atoms with van der Waals surface area (Å²) in [6, 6.07) is 0.219. The highest BCUT2D eigenvalue weighted by atomic mass is 32.1. The highest BCUT2D eigenvalue weighted by molar-refractivity contribution is 7.15. The molecule has 4 nitrogen and oxygen atoms in total. The van der Waals surface area contributed by atoms with E-state index in [1.807, 2.05) is 6.92 Å². The van der Waals surface area contributed by atoms with Crippen LogP contribution in [-0.2, 0) is 0 Å². The van der Waals surface area contributed by atoms with Crippen LogP contribution in [0.1, 0.15) is 37.0 Å². The maximum absolute atomic E-state index is 11.6. The molecule has 2 amide bonds. The Hall–Kier alpha value is -1.10. The van der Waals surface area contributed by atoms with Crippen LogP contribution in [0, 0.1) is 6.92 Å². The zero-order chi connectivity index (χ0) is 11.4. The number of anilines is 1. The molecule has 2 rings (SSSR count). The summed E-state index contributed by atoms with van der Waals surface area (Å²) in [4.78, 5) is 16.8. The van der Waals surface area contributed by atoms with Crippen LogP contribution in [0.5, 0.6) is 0 Å². The number of hydrogen-bond donors (Lipinski definition) is 2. The smallest absolute Gasteiger partial charge is 0.321 e. The van der Waals surface area contributed by atoms with Gasteiger partial charge in [-0.1, -0.05) is 19.3 Å². The maximum atomic E-state index is 11.6. The van der Waals surface area contributed by atoms with Crippen LogP contribution in [0.15, 0.2) is 6.20 Å². The molecule has 0 aromatic carbocycles. The van der Waals surface area contributed by atoms with Crippen molar-refractivity contribution in [2.24, 2.45) is 0 Å². The number of carbonyl (C=O) groups excluding carboxylic acids is 1. The number of aromatic nitrogens is 1. The molecule has 1 aliphatic rings. The summed E-state index contributed by atoms with van der Waals surface area (Å²) in [5.74, 6) is 0. The van der Waals surface area contributed by atoms with Gasteiger partial charge in [0.05, 0.1) is 0 Å². The third-order valence-electron chi connectivity index (χ3n) is 2.78. The van der Waals surface area contributed by atoms with E-state index in [2.05, 4.69) is 15.6 Å². The molecule has 88 valence electrons. The van der Waals surface area contributed by atoms with E-state index >= 15 is 0 Å². The van der Waals surface area contributed by atoms with Crippen LogP contribution in [-0.4, -0.2) is 17.1 Å². The third-order valence-corrected chi connectivity index (χ3v) is 3.61. The molecule has 16 heavy (non-hydrogen) atoms. The van der Waals surface area contributed by atoms with E-state index in [0.717, 1.165) is 17.7 Å². The molecule has 1 heterocycles. The summed E-state index contributed by atoms with van der Waals surface area (Å²) in [5, 5.41) is 6.43. The predicted octanol–water partition coefficient (Wildman–Crippen LogP) is 2.91. The van der Waals surface area contributed by atoms with Crippen molar-refractivity contribution in [2.75, 3.05) is 5.32 Å². The molecule has 0 bridgehead atoms. The van der Waals surface area contributed by atoms with Crippen molar-refractivity contribution < 1.29 is 4.79 Å². The van der Waals surface area contributed by atoms with Crippen molar-refractivity contribution >= 4 is 22.5 Å². The minimum Gasteiger partial charge on any atom is -0.335 e. The van der Waals surface area contributed by atoms with Crippen LogP contribution < -0.4 is 10.6 Å². The Morgan fingerprint density at radius 1 is 1.44 bits per heavy atom. The van der Waals surface area contributed by atoms with Gasteiger partial charge in [0.25, 0.3) is 0 Å². The number of hydrogen-bond acceptors (Lipinski definition) is 3. The molecular formula is C11H17N3OS. The number of amides is 2. The number of rotatable bonds is 2. The lowest BCUT2D eigenvalue weighted by molar-refractivity contribution is 0.244. The highest BCUT2D eigenvalue weighted by Crippen LogP contribution is 2.18. The van der Waals surface area contributed by atoms with E-state index in [1.165, 1.54) is 30.6 Å². The van der Waals surface area contributed by atoms with E-state index < -0.39 is 0 Å². The summed E-state index contributed by atoms with van der Waals surface area (Å²) >= 11 is 1.50. The lowest BCUT2D eigenvalue weighted by atomic mass is 9.96. The average Bonchev–Trinajstić information content (AvgIpc) is 2.65. The van der Waals surface area contributed by atoms with Crippen LogP contribution >= 0.6 is 11.3 Å². The molecule has 0 unspecified atom stereocenters. The van der Waals surface area contributed by atoms with E-state index in [4.69, 9.17) is 0 Å². The van der Waals surface area contributed by atoms with Crippen molar-refractivity contribution in [2.45, 2.75) is 45.1 Å². The minimum atomic E-state index is -0.124. The largest absolute Gasteiger partial charge is 0.335 e. The fraction of sp³-hybridized carbons (Fsp3) is 0.636. The quantitative estimate of drug-likeness (QED) is 0.833. The first-order valence-electron chi connectivity index (χ1n) is 5.74. The first-order valence-corrected chi connectivity index (χ1v) is 6.55. The molecule has 0 atom stereocenters. The minimum absolute atomic E-state index is 0.124. The van der Waals surface area contributed by atoms with Crippen molar-refractivity contribution in [3.63, 3.8) is 0 Å². The van der Waals surface area contributed by atoms with Gasteiger partial charge in [-0.25, -0.2) is 9.78 Å². The lowest BCUT2D eigenvalue weighted by Gasteiger charge is -2.22. The number of carbonyl (C=O) groups is 1. The second-order valence-corrected chi connectivity index (χ2v) is 5.44. The lowest BCUT2D eigenvalue weighted by Crippen LogP contribution is -2.38. The Kier molecular flexibility index (Phi) is 3.77. The monoisotopic (exact) mass is 239 g/mol. The van der Waals surface area contributed by atoms with Crippen molar-refractivity contribution in [3.8, 4) is 0 Å². The number of nitrogens with zero attached hydrogens (tertiary/aromatic N) is 1. The molecule has 0 saturated heterocycles. The predicted molar refractivity (Wildman–Crippen MR) is 65.9 cm³/mol. The van der Waals surface area contributed by atoms with Gasteiger partial charge in [-0.15, -0.1) is 11.3 Å². The van der Waals surface area contributed by atoms with E-state index in [-0.39, 0.29) is 6.03 Å². The Morgan fingerprint density at radius 3 is 2.81 bits per heavy atom. The Bertz CT molecular complexity index is 358. The molecule has 1 aromatic rings. The zero-order valence-electron chi connectivity index (χ0n) is 9.45. The van der Waals surface area contributed by atoms with Gasteiger partial charge >= 0.3 is 6.03 Å². The second kappa shape index (κ2) is 5.30. The first kappa shape index (κ1) is 11.4. The molecule has 5 heteroatoms. The molecule has 1 saturated carbocycles. The van der Waals surface area contributed by atoms with Crippen LogP contribution in [0.3, 0.4) is 0 Å². The topological polar surface area (TPSA) is 54.0 Å². The SMILES string of the molecule is Cc1cnc(NC(=O)NC2CCCCC2)s1. The van der Waals surface area contributed by atoms with Gasteiger partial charge in [0.15, 0.2) is 5.13 Å². The van der Waals surface area contributed by atoms with Crippen molar-refractivity contribution in [1.82, 2.24) is 10.3 Å². The maximum Gasteiger partial charge on any atom is 0.321 e. The second-order valence-electron chi connectivity index (χ2n) is 4.21. The number of aryl methyl sites for hydroxylation is 1. The normalized spacial score (nSPS) is 17.1. The van der Waals surface area contributed by atoms with Crippen LogP contribution in [0.25, 0.3) is 0 Å². The van der Waals surface area contributed by atoms with Crippen LogP contribution in [0.4, 0.5) is 9.93 Å². The molecule has 1 fully saturated rings. The molecular weight excluding hydrogens is 222 g/mol. The molecule has 0 spiro atoms. The fourth-order valence-corrected chi connectivity index (χ4v) is 2.64. The molecule has 1 aliphatic carbocycles. The van der Waals surface area contributed by atoms with E-state index in [0.29, 0.717) is 11.2 Å². The van der Waals surface area contributed by atoms with Crippen LogP contribution in [0.2, 0.25) is 0 Å². The van der Waals surface area contributed by atoms with Gasteiger partial charge < -0.3 is 5.32 Å². The summed E-state index contributed by atoms with van der Waals surface area (Å²) in [5.41, 5.74) is 0. The summed E-state index contributed by atoms with van der Waals surface area (Å²) in [6.07, 6.45) is 7.71. The highest BCUT2D eigenvalue weighted by Gasteiger charge is 2.15. The first-order chi connectivity index (χ1) is 7.74. The number of nitrogens with one attached hydrogen (secondary N) is 2. The number of urea groups is 1. The van der Waals surface area contributed by atoms with Gasteiger partial charge in [-0.2, -0.15) is 0 Å². The van der Waals surface area contributed by atoms with Crippen molar-refractivity contribution in [1.29, 1.82) is 0 Å². The molecule has 2 N–H and O–H groups in total. The van der Waals surface area contributed by atoms with E-state index in [1.54, 1.807) is 6.20 Å². The Labute approximate surface area is 99.5 Å². The molecule has 0 radical (unpaired) electrons. The summed E-state index contributed by atoms with van der Waals surface area (Å²) in [6.45, 7) is 1.97.